The van der Waals surface area contributed by atoms with E-state index in [-0.39, 0.29) is 10.8 Å². The standard InChI is InChI=1S/C17H22N4O4S/c1-20(2)17(22)15-5-4-8-21(15)26(23,24)13-6-7-14(16(9-13)25-3)12-10-18-19-11-12/h6-7,9-11,15H,4-5,8H2,1-3H3,(H,18,19)/t15-/m0/s1. The van der Waals surface area contributed by atoms with Gasteiger partial charge in [0.1, 0.15) is 11.8 Å². The summed E-state index contributed by atoms with van der Waals surface area (Å²) in [6.45, 7) is 0.332. The topological polar surface area (TPSA) is 95.6 Å². The van der Waals surface area contributed by atoms with Crippen molar-refractivity contribution in [3.05, 3.63) is 30.6 Å². The third-order valence-corrected chi connectivity index (χ3v) is 6.42. The maximum Gasteiger partial charge on any atom is 0.243 e. The van der Waals surface area contributed by atoms with Crippen molar-refractivity contribution in [3.8, 4) is 16.9 Å². The first-order valence-electron chi connectivity index (χ1n) is 8.26. The summed E-state index contributed by atoms with van der Waals surface area (Å²) in [5.74, 6) is 0.232. The lowest BCUT2D eigenvalue weighted by molar-refractivity contribution is -0.132. The Morgan fingerprint density at radius 3 is 2.77 bits per heavy atom. The molecule has 2 aromatic rings. The SMILES string of the molecule is COc1cc(S(=O)(=O)N2CCC[C@H]2C(=O)N(C)C)ccc1-c1cn[nH]c1. The number of aromatic amines is 1. The highest BCUT2D eigenvalue weighted by Crippen LogP contribution is 2.34. The quantitative estimate of drug-likeness (QED) is 0.847. The molecule has 0 radical (unpaired) electrons. The lowest BCUT2D eigenvalue weighted by atomic mass is 10.1. The van der Waals surface area contributed by atoms with Crippen LogP contribution in [0.1, 0.15) is 12.8 Å². The van der Waals surface area contributed by atoms with Crippen molar-refractivity contribution in [1.82, 2.24) is 19.4 Å². The third kappa shape index (κ3) is 3.19. The molecule has 0 bridgehead atoms. The van der Waals surface area contributed by atoms with Crippen LogP contribution in [0.3, 0.4) is 0 Å². The minimum atomic E-state index is -3.80. The number of sulfonamides is 1. The summed E-state index contributed by atoms with van der Waals surface area (Å²) < 4.78 is 32.9. The van der Waals surface area contributed by atoms with Crippen molar-refractivity contribution in [2.45, 2.75) is 23.8 Å². The van der Waals surface area contributed by atoms with E-state index in [1.807, 2.05) is 0 Å². The lowest BCUT2D eigenvalue weighted by Gasteiger charge is -2.25. The van der Waals surface area contributed by atoms with Gasteiger partial charge in [-0.3, -0.25) is 9.89 Å². The van der Waals surface area contributed by atoms with E-state index >= 15 is 0 Å². The smallest absolute Gasteiger partial charge is 0.243 e. The Balaban J connectivity index is 1.98. The Morgan fingerprint density at radius 1 is 1.38 bits per heavy atom. The summed E-state index contributed by atoms with van der Waals surface area (Å²) >= 11 is 0. The van der Waals surface area contributed by atoms with Gasteiger partial charge in [0.2, 0.25) is 15.9 Å². The number of hydrogen-bond acceptors (Lipinski definition) is 5. The maximum absolute atomic E-state index is 13.1. The zero-order valence-electron chi connectivity index (χ0n) is 15.0. The van der Waals surface area contributed by atoms with E-state index in [0.29, 0.717) is 25.1 Å². The molecule has 140 valence electrons. The minimum absolute atomic E-state index is 0.111. The van der Waals surface area contributed by atoms with Gasteiger partial charge < -0.3 is 9.64 Å². The number of H-pyrrole nitrogens is 1. The zero-order chi connectivity index (χ0) is 18.9. The molecule has 1 amide bonds. The molecule has 1 aromatic carbocycles. The molecule has 1 N–H and O–H groups in total. The van der Waals surface area contributed by atoms with Crippen molar-refractivity contribution in [2.24, 2.45) is 0 Å². The summed E-state index contributed by atoms with van der Waals surface area (Å²) in [6.07, 6.45) is 4.53. The van der Waals surface area contributed by atoms with Crippen LogP contribution in [0.2, 0.25) is 0 Å². The molecule has 1 atom stereocenters. The number of hydrogen-bond donors (Lipinski definition) is 1. The number of methoxy groups -OCH3 is 1. The molecule has 1 fully saturated rings. The van der Waals surface area contributed by atoms with Crippen molar-refractivity contribution in [1.29, 1.82) is 0 Å². The van der Waals surface area contributed by atoms with E-state index in [2.05, 4.69) is 10.2 Å². The van der Waals surface area contributed by atoms with Gasteiger partial charge in [-0.15, -0.1) is 0 Å². The number of carbonyl (C=O) groups is 1. The number of nitrogens with one attached hydrogen (secondary N) is 1. The first kappa shape index (κ1) is 18.4. The van der Waals surface area contributed by atoms with Crippen LogP contribution in [0.5, 0.6) is 5.75 Å². The van der Waals surface area contributed by atoms with Crippen LogP contribution in [-0.2, 0) is 14.8 Å². The van der Waals surface area contributed by atoms with Crippen molar-refractivity contribution < 1.29 is 17.9 Å². The second-order valence-corrected chi connectivity index (χ2v) is 8.25. The predicted octanol–water partition coefficient (Wildman–Crippen LogP) is 1.33. The van der Waals surface area contributed by atoms with Gasteiger partial charge in [-0.2, -0.15) is 9.40 Å². The Hall–Kier alpha value is -2.39. The predicted molar refractivity (Wildman–Crippen MR) is 96.2 cm³/mol. The summed E-state index contributed by atoms with van der Waals surface area (Å²) in [5, 5.41) is 6.63. The summed E-state index contributed by atoms with van der Waals surface area (Å²) in [6, 6.07) is 4.06. The number of nitrogens with zero attached hydrogens (tertiary/aromatic N) is 3. The van der Waals surface area contributed by atoms with Crippen LogP contribution in [-0.4, -0.2) is 67.5 Å². The van der Waals surface area contributed by atoms with Gasteiger partial charge in [-0.25, -0.2) is 8.42 Å². The van der Waals surface area contributed by atoms with Gasteiger partial charge in [0.25, 0.3) is 0 Å². The molecular formula is C17H22N4O4S. The van der Waals surface area contributed by atoms with Gasteiger partial charge in [0.05, 0.1) is 18.2 Å². The average Bonchev–Trinajstić information content (AvgIpc) is 3.32. The molecular weight excluding hydrogens is 356 g/mol. The van der Waals surface area contributed by atoms with Crippen molar-refractivity contribution >= 4 is 15.9 Å². The number of ether oxygens (including phenoxy) is 1. The molecule has 26 heavy (non-hydrogen) atoms. The van der Waals surface area contributed by atoms with Crippen LogP contribution in [0, 0.1) is 0 Å². The van der Waals surface area contributed by atoms with Crippen molar-refractivity contribution in [3.63, 3.8) is 0 Å². The Bertz CT molecular complexity index is 893. The molecule has 1 saturated heterocycles. The minimum Gasteiger partial charge on any atom is -0.496 e. The van der Waals surface area contributed by atoms with Crippen LogP contribution in [0.25, 0.3) is 11.1 Å². The van der Waals surface area contributed by atoms with Crippen LogP contribution < -0.4 is 4.74 Å². The molecule has 0 unspecified atom stereocenters. The number of amides is 1. The monoisotopic (exact) mass is 378 g/mol. The van der Waals surface area contributed by atoms with Gasteiger partial charge >= 0.3 is 0 Å². The molecule has 9 heteroatoms. The highest BCUT2D eigenvalue weighted by molar-refractivity contribution is 7.89. The summed E-state index contributed by atoms with van der Waals surface area (Å²) in [5.41, 5.74) is 1.54. The van der Waals surface area contributed by atoms with E-state index in [4.69, 9.17) is 4.74 Å². The number of likely N-dealkylation sites (N-methyl/N-ethyl adjacent to an activating group) is 1. The normalized spacial score (nSPS) is 18.0. The van der Waals surface area contributed by atoms with Gasteiger partial charge in [-0.1, -0.05) is 0 Å². The van der Waals surface area contributed by atoms with Gasteiger partial charge in [0.15, 0.2) is 0 Å². The first-order valence-corrected chi connectivity index (χ1v) is 9.70. The Morgan fingerprint density at radius 2 is 2.15 bits per heavy atom. The highest BCUT2D eigenvalue weighted by atomic mass is 32.2. The fraction of sp³-hybridized carbons (Fsp3) is 0.412. The molecule has 1 aromatic heterocycles. The largest absolute Gasteiger partial charge is 0.496 e. The number of benzene rings is 1. The molecule has 1 aliphatic rings. The molecule has 2 heterocycles. The Labute approximate surface area is 152 Å². The molecule has 0 spiro atoms. The van der Waals surface area contributed by atoms with Crippen LogP contribution >= 0.6 is 0 Å². The van der Waals surface area contributed by atoms with Crippen molar-refractivity contribution in [2.75, 3.05) is 27.7 Å². The molecule has 8 nitrogen and oxygen atoms in total. The third-order valence-electron chi connectivity index (χ3n) is 4.52. The summed E-state index contributed by atoms with van der Waals surface area (Å²) in [4.78, 5) is 13.9. The van der Waals surface area contributed by atoms with Crippen LogP contribution in [0.15, 0.2) is 35.5 Å². The van der Waals surface area contributed by atoms with E-state index < -0.39 is 16.1 Å². The number of aromatic nitrogens is 2. The number of rotatable bonds is 5. The average molecular weight is 378 g/mol. The second-order valence-electron chi connectivity index (χ2n) is 6.36. The van der Waals surface area contributed by atoms with E-state index in [9.17, 15) is 13.2 Å². The van der Waals surface area contributed by atoms with Gasteiger partial charge in [-0.05, 0) is 25.0 Å². The fourth-order valence-corrected chi connectivity index (χ4v) is 4.84. The molecule has 3 rings (SSSR count). The van der Waals surface area contributed by atoms with Gasteiger partial charge in [0, 0.05) is 44.0 Å². The van der Waals surface area contributed by atoms with Crippen LogP contribution in [0.4, 0.5) is 0 Å². The number of carbonyl (C=O) groups excluding carboxylic acids is 1. The fourth-order valence-electron chi connectivity index (χ4n) is 3.18. The molecule has 1 aliphatic heterocycles. The summed E-state index contributed by atoms with van der Waals surface area (Å²) in [7, 11) is 0.954. The maximum atomic E-state index is 13.1. The lowest BCUT2D eigenvalue weighted by Crippen LogP contribution is -2.45. The molecule has 0 saturated carbocycles. The first-order chi connectivity index (χ1) is 12.4. The second kappa shape index (κ2) is 7.08. The van der Waals surface area contributed by atoms with E-state index in [1.165, 1.54) is 28.4 Å². The van der Waals surface area contributed by atoms with E-state index in [0.717, 1.165) is 11.1 Å². The van der Waals surface area contributed by atoms with E-state index in [1.54, 1.807) is 32.6 Å². The zero-order valence-corrected chi connectivity index (χ0v) is 15.8. The molecule has 0 aliphatic carbocycles. The highest BCUT2D eigenvalue weighted by Gasteiger charge is 2.40. The Kier molecular flexibility index (Phi) is 5.01.